The fraction of sp³-hybridized carbons (Fsp3) is 0.167. The van der Waals surface area contributed by atoms with Gasteiger partial charge < -0.3 is 5.11 Å². The van der Waals surface area contributed by atoms with Gasteiger partial charge in [0.15, 0.2) is 5.82 Å². The number of nitrogens with one attached hydrogen (secondary N) is 1. The first kappa shape index (κ1) is 7.46. The van der Waals surface area contributed by atoms with Crippen LogP contribution in [0, 0.1) is 6.92 Å². The summed E-state index contributed by atoms with van der Waals surface area (Å²) in [7, 11) is 0. The molecule has 0 aliphatic carbocycles. The minimum absolute atomic E-state index is 0.239. The van der Waals surface area contributed by atoms with E-state index in [2.05, 4.69) is 15.5 Å². The van der Waals surface area contributed by atoms with Gasteiger partial charge in [-0.25, -0.2) is 4.79 Å². The molecule has 0 atom stereocenters. The highest BCUT2D eigenvalue weighted by molar-refractivity contribution is 5.81. The highest BCUT2D eigenvalue weighted by Gasteiger charge is 1.97. The Kier molecular flexibility index (Phi) is 2.00. The lowest BCUT2D eigenvalue weighted by Gasteiger charge is -1.96. The topological polar surface area (TPSA) is 75.1 Å². The summed E-state index contributed by atoms with van der Waals surface area (Å²) in [6, 6.07) is 3.23. The van der Waals surface area contributed by atoms with Crippen LogP contribution in [-0.2, 0) is 0 Å². The number of rotatable bonds is 1. The van der Waals surface area contributed by atoms with Crippen molar-refractivity contribution in [1.82, 2.24) is 10.2 Å². The molecule has 5 heteroatoms. The highest BCUT2D eigenvalue weighted by Crippen LogP contribution is 1.99. The molecule has 0 spiro atoms. The van der Waals surface area contributed by atoms with Crippen LogP contribution < -0.4 is 5.32 Å². The lowest BCUT2D eigenvalue weighted by Crippen LogP contribution is -2.09. The molecule has 1 aromatic heterocycles. The second kappa shape index (κ2) is 2.96. The Morgan fingerprint density at radius 1 is 1.55 bits per heavy atom. The first-order valence-electron chi connectivity index (χ1n) is 2.99. The van der Waals surface area contributed by atoms with Crippen molar-refractivity contribution in [2.24, 2.45) is 0 Å². The van der Waals surface area contributed by atoms with Gasteiger partial charge in [-0.05, 0) is 19.1 Å². The largest absolute Gasteiger partial charge is 0.465 e. The molecule has 0 aliphatic rings. The van der Waals surface area contributed by atoms with E-state index in [1.807, 2.05) is 0 Å². The van der Waals surface area contributed by atoms with Crippen LogP contribution in [-0.4, -0.2) is 21.4 Å². The van der Waals surface area contributed by atoms with Crippen molar-refractivity contribution in [2.45, 2.75) is 6.92 Å². The maximum atomic E-state index is 10.1. The van der Waals surface area contributed by atoms with E-state index < -0.39 is 6.09 Å². The predicted octanol–water partition coefficient (Wildman–Crippen LogP) is 0.875. The van der Waals surface area contributed by atoms with Crippen molar-refractivity contribution in [3.05, 3.63) is 17.8 Å². The zero-order valence-corrected chi connectivity index (χ0v) is 5.90. The van der Waals surface area contributed by atoms with E-state index in [9.17, 15) is 4.79 Å². The molecule has 0 aliphatic heterocycles. The lowest BCUT2D eigenvalue weighted by molar-refractivity contribution is 0.209. The van der Waals surface area contributed by atoms with Crippen LogP contribution in [0.4, 0.5) is 10.6 Å². The molecule has 1 rings (SSSR count). The Labute approximate surface area is 63.1 Å². The fourth-order valence-corrected chi connectivity index (χ4v) is 0.575. The van der Waals surface area contributed by atoms with Crippen LogP contribution in [0.15, 0.2) is 12.1 Å². The van der Waals surface area contributed by atoms with Crippen molar-refractivity contribution < 1.29 is 9.90 Å². The Hall–Kier alpha value is -1.65. The van der Waals surface area contributed by atoms with Gasteiger partial charge in [-0.1, -0.05) is 0 Å². The zero-order valence-electron chi connectivity index (χ0n) is 5.90. The van der Waals surface area contributed by atoms with Crippen molar-refractivity contribution >= 4 is 11.9 Å². The van der Waals surface area contributed by atoms with Gasteiger partial charge in [-0.3, -0.25) is 5.32 Å². The van der Waals surface area contributed by atoms with Crippen molar-refractivity contribution in [1.29, 1.82) is 0 Å². The molecule has 0 saturated heterocycles. The Bertz CT molecular complexity index is 257. The molecule has 58 valence electrons. The van der Waals surface area contributed by atoms with Gasteiger partial charge in [0.25, 0.3) is 0 Å². The summed E-state index contributed by atoms with van der Waals surface area (Å²) in [6.07, 6.45) is -1.14. The van der Waals surface area contributed by atoms with Crippen LogP contribution in [0.3, 0.4) is 0 Å². The Balaban J connectivity index is 2.74. The SMILES string of the molecule is Cc1ccc(NC(=O)O)nn1. The highest BCUT2D eigenvalue weighted by atomic mass is 16.4. The summed E-state index contributed by atoms with van der Waals surface area (Å²) in [5.41, 5.74) is 0.751. The Morgan fingerprint density at radius 3 is 2.73 bits per heavy atom. The van der Waals surface area contributed by atoms with Gasteiger partial charge in [-0.15, -0.1) is 5.10 Å². The van der Waals surface area contributed by atoms with E-state index in [1.54, 1.807) is 19.1 Å². The predicted molar refractivity (Wildman–Crippen MR) is 38.4 cm³/mol. The molecule has 11 heavy (non-hydrogen) atoms. The standard InChI is InChI=1S/C6H7N3O2/c1-4-2-3-5(9-8-4)7-6(10)11/h2-3H,1H3,(H,7,9)(H,10,11). The van der Waals surface area contributed by atoms with Crippen molar-refractivity contribution in [3.8, 4) is 0 Å². The number of amides is 1. The number of hydrogen-bond acceptors (Lipinski definition) is 3. The third kappa shape index (κ3) is 2.21. The number of carbonyl (C=O) groups is 1. The molecule has 1 amide bonds. The molecule has 0 aromatic carbocycles. The number of anilines is 1. The first-order valence-corrected chi connectivity index (χ1v) is 2.99. The Morgan fingerprint density at radius 2 is 2.27 bits per heavy atom. The minimum atomic E-state index is -1.14. The second-order valence-corrected chi connectivity index (χ2v) is 1.99. The summed E-state index contributed by atoms with van der Waals surface area (Å²) < 4.78 is 0. The van der Waals surface area contributed by atoms with E-state index >= 15 is 0 Å². The number of carboxylic acid groups (broad SMARTS) is 1. The molecule has 0 bridgehead atoms. The van der Waals surface area contributed by atoms with Gasteiger partial charge in [0.05, 0.1) is 5.69 Å². The smallest absolute Gasteiger partial charge is 0.410 e. The summed E-state index contributed by atoms with van der Waals surface area (Å²) in [6.45, 7) is 1.78. The summed E-state index contributed by atoms with van der Waals surface area (Å²) in [5.74, 6) is 0.239. The van der Waals surface area contributed by atoms with Gasteiger partial charge >= 0.3 is 6.09 Å². The van der Waals surface area contributed by atoms with Gasteiger partial charge in [-0.2, -0.15) is 5.10 Å². The van der Waals surface area contributed by atoms with Gasteiger partial charge in [0, 0.05) is 0 Å². The maximum absolute atomic E-state index is 10.1. The zero-order chi connectivity index (χ0) is 8.27. The minimum Gasteiger partial charge on any atom is -0.465 e. The molecular weight excluding hydrogens is 146 g/mol. The number of aromatic nitrogens is 2. The lowest BCUT2D eigenvalue weighted by atomic mass is 10.4. The van der Waals surface area contributed by atoms with Crippen LogP contribution in [0.2, 0.25) is 0 Å². The molecule has 0 radical (unpaired) electrons. The van der Waals surface area contributed by atoms with E-state index in [-0.39, 0.29) is 5.82 Å². The molecule has 0 fully saturated rings. The third-order valence-electron chi connectivity index (χ3n) is 1.03. The second-order valence-electron chi connectivity index (χ2n) is 1.99. The van der Waals surface area contributed by atoms with Crippen molar-refractivity contribution in [3.63, 3.8) is 0 Å². The molecule has 0 unspecified atom stereocenters. The first-order chi connectivity index (χ1) is 5.18. The molecule has 5 nitrogen and oxygen atoms in total. The fourth-order valence-electron chi connectivity index (χ4n) is 0.575. The van der Waals surface area contributed by atoms with E-state index in [4.69, 9.17) is 5.11 Å². The van der Waals surface area contributed by atoms with Crippen LogP contribution in [0.5, 0.6) is 0 Å². The number of nitrogens with zero attached hydrogens (tertiary/aromatic N) is 2. The van der Waals surface area contributed by atoms with Gasteiger partial charge in [0.1, 0.15) is 0 Å². The van der Waals surface area contributed by atoms with Crippen LogP contribution >= 0.6 is 0 Å². The average Bonchev–Trinajstić information content (AvgIpc) is 1.93. The van der Waals surface area contributed by atoms with E-state index in [0.717, 1.165) is 5.69 Å². The summed E-state index contributed by atoms with van der Waals surface area (Å²) in [4.78, 5) is 10.1. The van der Waals surface area contributed by atoms with E-state index in [1.165, 1.54) is 0 Å². The number of aryl methyl sites for hydroxylation is 1. The van der Waals surface area contributed by atoms with Crippen LogP contribution in [0.1, 0.15) is 5.69 Å². The maximum Gasteiger partial charge on any atom is 0.410 e. The molecule has 1 aromatic rings. The molecular formula is C6H7N3O2. The normalized spacial score (nSPS) is 9.18. The van der Waals surface area contributed by atoms with Crippen LogP contribution in [0.25, 0.3) is 0 Å². The average molecular weight is 153 g/mol. The monoisotopic (exact) mass is 153 g/mol. The molecule has 1 heterocycles. The number of hydrogen-bond donors (Lipinski definition) is 2. The van der Waals surface area contributed by atoms with E-state index in [0.29, 0.717) is 0 Å². The summed E-state index contributed by atoms with van der Waals surface area (Å²) >= 11 is 0. The third-order valence-corrected chi connectivity index (χ3v) is 1.03. The van der Waals surface area contributed by atoms with Crippen molar-refractivity contribution in [2.75, 3.05) is 5.32 Å². The van der Waals surface area contributed by atoms with Gasteiger partial charge in [0.2, 0.25) is 0 Å². The molecule has 0 saturated carbocycles. The quantitative estimate of drug-likeness (QED) is 0.627. The molecule has 2 N–H and O–H groups in total. The summed E-state index contributed by atoms with van der Waals surface area (Å²) in [5, 5.41) is 17.6.